The molecule has 0 atom stereocenters. The average molecular weight is 435 g/mol. The smallest absolute Gasteiger partial charge is 0.258 e. The number of rotatable bonds is 4. The Morgan fingerprint density at radius 3 is 2.64 bits per heavy atom. The van der Waals surface area contributed by atoms with E-state index in [0.29, 0.717) is 31.7 Å². The monoisotopic (exact) mass is 434 g/mol. The minimum absolute atomic E-state index is 0.0405. The Kier molecular flexibility index (Phi) is 5.12. The van der Waals surface area contributed by atoms with Gasteiger partial charge in [-0.2, -0.15) is 5.26 Å². The molecule has 2 heterocycles. The minimum Gasteiger partial charge on any atom is -0.292 e. The van der Waals surface area contributed by atoms with Crippen LogP contribution in [0.3, 0.4) is 0 Å². The van der Waals surface area contributed by atoms with Gasteiger partial charge in [0.25, 0.3) is 5.56 Å². The quantitative estimate of drug-likeness (QED) is 0.627. The van der Waals surface area contributed by atoms with Crippen LogP contribution in [-0.4, -0.2) is 14.5 Å². The molecule has 1 aliphatic heterocycles. The van der Waals surface area contributed by atoms with Crippen molar-refractivity contribution >= 4 is 15.9 Å². The molecule has 28 heavy (non-hydrogen) atoms. The topological polar surface area (TPSA) is 61.9 Å². The summed E-state index contributed by atoms with van der Waals surface area (Å²) in [5.74, 6) is 0.736. The van der Waals surface area contributed by atoms with Crippen molar-refractivity contribution in [1.29, 1.82) is 5.26 Å². The summed E-state index contributed by atoms with van der Waals surface area (Å²) < 4.78 is 2.77. The van der Waals surface area contributed by atoms with Crippen molar-refractivity contribution in [2.24, 2.45) is 0 Å². The van der Waals surface area contributed by atoms with E-state index in [9.17, 15) is 4.79 Å². The molecule has 0 unspecified atom stereocenters. The average Bonchev–Trinajstić information content (AvgIpc) is 3.09. The zero-order valence-corrected chi connectivity index (χ0v) is 17.1. The van der Waals surface area contributed by atoms with Gasteiger partial charge in [-0.3, -0.25) is 14.3 Å². The van der Waals surface area contributed by atoms with Crippen LogP contribution in [0.25, 0.3) is 0 Å². The Bertz CT molecular complexity index is 1130. The third kappa shape index (κ3) is 3.77. The van der Waals surface area contributed by atoms with Gasteiger partial charge < -0.3 is 0 Å². The van der Waals surface area contributed by atoms with E-state index in [-0.39, 0.29) is 5.56 Å². The number of benzene rings is 2. The minimum atomic E-state index is 0.0405. The highest BCUT2D eigenvalue weighted by molar-refractivity contribution is 9.10. The summed E-state index contributed by atoms with van der Waals surface area (Å²) in [6, 6.07) is 17.8. The fourth-order valence-electron chi connectivity index (χ4n) is 3.61. The fraction of sp³-hybridized carbons (Fsp3) is 0.227. The van der Waals surface area contributed by atoms with E-state index in [0.717, 1.165) is 32.7 Å². The summed E-state index contributed by atoms with van der Waals surface area (Å²) in [6.07, 6.45) is 0. The van der Waals surface area contributed by atoms with Crippen molar-refractivity contribution in [3.63, 3.8) is 0 Å². The van der Waals surface area contributed by atoms with E-state index in [1.165, 1.54) is 0 Å². The fourth-order valence-corrected chi connectivity index (χ4v) is 3.87. The summed E-state index contributed by atoms with van der Waals surface area (Å²) in [6.45, 7) is 4.33. The molecule has 4 rings (SSSR count). The lowest BCUT2D eigenvalue weighted by Gasteiger charge is -2.14. The van der Waals surface area contributed by atoms with Crippen LogP contribution in [0.2, 0.25) is 0 Å². The maximum Gasteiger partial charge on any atom is 0.258 e. The van der Waals surface area contributed by atoms with Crippen molar-refractivity contribution in [2.75, 3.05) is 0 Å². The van der Waals surface area contributed by atoms with Gasteiger partial charge in [0.1, 0.15) is 5.82 Å². The SMILES string of the molecule is Cc1nc2c(c(=O)n1Cc1ccc(Br)cc1)CN(Cc1cccc(C#N)c1)C2. The number of halogens is 1. The van der Waals surface area contributed by atoms with Gasteiger partial charge in [-0.05, 0) is 42.3 Å². The molecule has 140 valence electrons. The molecule has 0 amide bonds. The molecule has 6 heteroatoms. The highest BCUT2D eigenvalue weighted by atomic mass is 79.9. The number of fused-ring (bicyclic) bond motifs is 1. The van der Waals surface area contributed by atoms with Crippen molar-refractivity contribution in [1.82, 2.24) is 14.5 Å². The second-order valence-electron chi connectivity index (χ2n) is 7.06. The predicted octanol–water partition coefficient (Wildman–Crippen LogP) is 3.75. The Balaban J connectivity index is 1.57. The summed E-state index contributed by atoms with van der Waals surface area (Å²) in [5, 5.41) is 9.08. The molecule has 0 radical (unpaired) electrons. The van der Waals surface area contributed by atoms with E-state index < -0.39 is 0 Å². The molecule has 0 saturated heterocycles. The van der Waals surface area contributed by atoms with Gasteiger partial charge in [0.2, 0.25) is 0 Å². The first-order valence-corrected chi connectivity index (χ1v) is 9.88. The van der Waals surface area contributed by atoms with E-state index >= 15 is 0 Å². The van der Waals surface area contributed by atoms with Crippen LogP contribution in [0.1, 0.15) is 33.8 Å². The van der Waals surface area contributed by atoms with Gasteiger partial charge in [-0.25, -0.2) is 4.98 Å². The molecular weight excluding hydrogens is 416 g/mol. The number of nitriles is 1. The molecule has 0 spiro atoms. The van der Waals surface area contributed by atoms with E-state index in [2.05, 4.69) is 26.9 Å². The van der Waals surface area contributed by atoms with Crippen molar-refractivity contribution in [3.8, 4) is 6.07 Å². The molecule has 0 fully saturated rings. The molecule has 2 aromatic carbocycles. The molecular formula is C22H19BrN4O. The zero-order valence-electron chi connectivity index (χ0n) is 15.5. The molecule has 0 saturated carbocycles. The maximum atomic E-state index is 13.1. The Morgan fingerprint density at radius 2 is 1.89 bits per heavy atom. The highest BCUT2D eigenvalue weighted by Crippen LogP contribution is 2.21. The van der Waals surface area contributed by atoms with Crippen molar-refractivity contribution in [3.05, 3.63) is 97.1 Å². The summed E-state index contributed by atoms with van der Waals surface area (Å²) >= 11 is 3.44. The number of nitrogens with zero attached hydrogens (tertiary/aromatic N) is 4. The van der Waals surface area contributed by atoms with E-state index in [1.54, 1.807) is 10.6 Å². The first-order valence-electron chi connectivity index (χ1n) is 9.08. The maximum absolute atomic E-state index is 13.1. The van der Waals surface area contributed by atoms with Crippen LogP contribution in [-0.2, 0) is 26.2 Å². The third-order valence-electron chi connectivity index (χ3n) is 5.01. The molecule has 0 bridgehead atoms. The van der Waals surface area contributed by atoms with Gasteiger partial charge in [-0.1, -0.05) is 40.2 Å². The first kappa shape index (κ1) is 18.6. The second-order valence-corrected chi connectivity index (χ2v) is 7.98. The van der Waals surface area contributed by atoms with Gasteiger partial charge in [-0.15, -0.1) is 0 Å². The lowest BCUT2D eigenvalue weighted by molar-refractivity contribution is 0.273. The standard InChI is InChI=1S/C22H19BrN4O/c1-15-25-21-14-26(11-18-4-2-3-17(9-18)10-24)13-20(21)22(28)27(15)12-16-5-7-19(23)8-6-16/h2-9H,11-14H2,1H3. The predicted molar refractivity (Wildman–Crippen MR) is 111 cm³/mol. The van der Waals surface area contributed by atoms with Gasteiger partial charge >= 0.3 is 0 Å². The summed E-state index contributed by atoms with van der Waals surface area (Å²) in [5.41, 5.74) is 4.47. The van der Waals surface area contributed by atoms with Gasteiger partial charge in [0.15, 0.2) is 0 Å². The number of aromatic nitrogens is 2. The lowest BCUT2D eigenvalue weighted by atomic mass is 10.1. The second kappa shape index (κ2) is 7.70. The van der Waals surface area contributed by atoms with E-state index in [1.807, 2.05) is 49.4 Å². The van der Waals surface area contributed by atoms with Crippen molar-refractivity contribution in [2.45, 2.75) is 33.1 Å². The molecule has 5 nitrogen and oxygen atoms in total. The van der Waals surface area contributed by atoms with E-state index in [4.69, 9.17) is 10.2 Å². The Morgan fingerprint density at radius 1 is 1.11 bits per heavy atom. The summed E-state index contributed by atoms with van der Waals surface area (Å²) in [4.78, 5) is 20.0. The first-order chi connectivity index (χ1) is 13.5. The van der Waals surface area contributed by atoms with Crippen LogP contribution < -0.4 is 5.56 Å². The number of hydrogen-bond acceptors (Lipinski definition) is 4. The molecule has 3 aromatic rings. The molecule has 0 N–H and O–H groups in total. The van der Waals surface area contributed by atoms with Crippen LogP contribution >= 0.6 is 15.9 Å². The lowest BCUT2D eigenvalue weighted by Crippen LogP contribution is -2.28. The van der Waals surface area contributed by atoms with Gasteiger partial charge in [0.05, 0.1) is 29.4 Å². The van der Waals surface area contributed by atoms with Crippen molar-refractivity contribution < 1.29 is 0 Å². The van der Waals surface area contributed by atoms with Gasteiger partial charge in [0, 0.05) is 24.1 Å². The number of aryl methyl sites for hydroxylation is 1. The normalized spacial score (nSPS) is 13.3. The summed E-state index contributed by atoms with van der Waals surface area (Å²) in [7, 11) is 0. The molecule has 1 aromatic heterocycles. The molecule has 1 aliphatic rings. The Hall–Kier alpha value is -2.75. The highest BCUT2D eigenvalue weighted by Gasteiger charge is 2.25. The van der Waals surface area contributed by atoms with Crippen LogP contribution in [0.5, 0.6) is 0 Å². The largest absolute Gasteiger partial charge is 0.292 e. The van der Waals surface area contributed by atoms with Crippen LogP contribution in [0.15, 0.2) is 57.8 Å². The molecule has 0 aliphatic carbocycles. The third-order valence-corrected chi connectivity index (χ3v) is 5.54. The number of hydrogen-bond donors (Lipinski definition) is 0. The van der Waals surface area contributed by atoms with Crippen LogP contribution in [0, 0.1) is 18.3 Å². The Labute approximate surface area is 172 Å². The van der Waals surface area contributed by atoms with Crippen LogP contribution in [0.4, 0.5) is 0 Å². The zero-order chi connectivity index (χ0) is 19.7.